The monoisotopic (exact) mass is 346 g/mol. The quantitative estimate of drug-likeness (QED) is 0.775. The molecule has 5 nitrogen and oxygen atoms in total. The van der Waals surface area contributed by atoms with Gasteiger partial charge in [-0.25, -0.2) is 8.42 Å². The first-order chi connectivity index (χ1) is 8.91. The highest BCUT2D eigenvalue weighted by Crippen LogP contribution is 2.28. The first-order valence-corrected chi connectivity index (χ1v) is 8.51. The number of hydrogen-bond donors (Lipinski definition) is 0. The number of benzene rings is 1. The zero-order valence-corrected chi connectivity index (χ0v) is 12.9. The van der Waals surface area contributed by atoms with Crippen molar-refractivity contribution in [2.45, 2.75) is 0 Å². The Balaban J connectivity index is 2.12. The van der Waals surface area contributed by atoms with E-state index in [9.17, 15) is 13.2 Å². The topological polar surface area (TPSA) is 57.7 Å². The SMILES string of the molecule is CS(=O)(=O)N1CCN(c2ccc(C=O)cc2Br)CC1. The van der Waals surface area contributed by atoms with Crippen LogP contribution in [0.15, 0.2) is 22.7 Å². The smallest absolute Gasteiger partial charge is 0.211 e. The van der Waals surface area contributed by atoms with Gasteiger partial charge in [0, 0.05) is 36.2 Å². The molecule has 1 fully saturated rings. The third-order valence-electron chi connectivity index (χ3n) is 3.16. The van der Waals surface area contributed by atoms with Gasteiger partial charge in [-0.05, 0) is 34.1 Å². The van der Waals surface area contributed by atoms with Gasteiger partial charge in [-0.15, -0.1) is 0 Å². The van der Waals surface area contributed by atoms with Gasteiger partial charge < -0.3 is 4.90 Å². The molecule has 0 radical (unpaired) electrons. The molecule has 2 rings (SSSR count). The molecule has 19 heavy (non-hydrogen) atoms. The number of rotatable bonds is 3. The van der Waals surface area contributed by atoms with Gasteiger partial charge in [-0.1, -0.05) is 0 Å². The summed E-state index contributed by atoms with van der Waals surface area (Å²) in [6.45, 7) is 2.26. The molecule has 0 amide bonds. The minimum absolute atomic E-state index is 0.487. The number of piperazine rings is 1. The molecular weight excluding hydrogens is 332 g/mol. The van der Waals surface area contributed by atoms with E-state index in [-0.39, 0.29) is 0 Å². The molecule has 0 N–H and O–H groups in total. The summed E-state index contributed by atoms with van der Waals surface area (Å²) in [4.78, 5) is 12.8. The Bertz CT molecular complexity index is 581. The lowest BCUT2D eigenvalue weighted by molar-refractivity contribution is 0.112. The number of carbonyl (C=O) groups is 1. The molecule has 1 aliphatic heterocycles. The lowest BCUT2D eigenvalue weighted by Gasteiger charge is -2.35. The number of aldehydes is 1. The fourth-order valence-electron chi connectivity index (χ4n) is 2.11. The van der Waals surface area contributed by atoms with Gasteiger partial charge in [-0.3, -0.25) is 4.79 Å². The number of hydrogen-bond acceptors (Lipinski definition) is 4. The summed E-state index contributed by atoms with van der Waals surface area (Å²) in [7, 11) is -3.10. The molecule has 0 aromatic heterocycles. The second-order valence-corrected chi connectivity index (χ2v) is 7.31. The van der Waals surface area contributed by atoms with Crippen molar-refractivity contribution in [2.75, 3.05) is 37.3 Å². The molecular formula is C12H15BrN2O3S. The van der Waals surface area contributed by atoms with Crippen molar-refractivity contribution in [2.24, 2.45) is 0 Å². The van der Waals surface area contributed by atoms with E-state index >= 15 is 0 Å². The number of nitrogens with zero attached hydrogens (tertiary/aromatic N) is 2. The second-order valence-electron chi connectivity index (χ2n) is 4.48. The van der Waals surface area contributed by atoms with Crippen molar-refractivity contribution in [3.05, 3.63) is 28.2 Å². The van der Waals surface area contributed by atoms with Crippen LogP contribution in [0.2, 0.25) is 0 Å². The molecule has 104 valence electrons. The van der Waals surface area contributed by atoms with E-state index in [1.165, 1.54) is 10.6 Å². The fraction of sp³-hybridized carbons (Fsp3) is 0.417. The summed E-state index contributed by atoms with van der Waals surface area (Å²) in [6.07, 6.45) is 2.04. The third-order valence-corrected chi connectivity index (χ3v) is 5.09. The van der Waals surface area contributed by atoms with Crippen molar-refractivity contribution >= 4 is 37.9 Å². The molecule has 1 aliphatic rings. The summed E-state index contributed by atoms with van der Waals surface area (Å²) >= 11 is 3.45. The van der Waals surface area contributed by atoms with E-state index < -0.39 is 10.0 Å². The van der Waals surface area contributed by atoms with Crippen LogP contribution in [-0.2, 0) is 10.0 Å². The van der Waals surface area contributed by atoms with Gasteiger partial charge >= 0.3 is 0 Å². The molecule has 1 heterocycles. The molecule has 0 spiro atoms. The predicted octanol–water partition coefficient (Wildman–Crippen LogP) is 1.34. The van der Waals surface area contributed by atoms with Crippen LogP contribution in [0.5, 0.6) is 0 Å². The van der Waals surface area contributed by atoms with Crippen molar-refractivity contribution in [1.82, 2.24) is 4.31 Å². The third kappa shape index (κ3) is 3.34. The van der Waals surface area contributed by atoms with Gasteiger partial charge in [0.2, 0.25) is 10.0 Å². The first-order valence-electron chi connectivity index (χ1n) is 5.86. The molecule has 1 saturated heterocycles. The van der Waals surface area contributed by atoms with E-state index in [0.29, 0.717) is 31.7 Å². The van der Waals surface area contributed by atoms with Crippen molar-refractivity contribution in [3.8, 4) is 0 Å². The molecule has 0 atom stereocenters. The molecule has 0 aliphatic carbocycles. The average Bonchev–Trinajstić information content (AvgIpc) is 2.37. The van der Waals surface area contributed by atoms with Crippen LogP contribution in [0, 0.1) is 0 Å². The largest absolute Gasteiger partial charge is 0.368 e. The van der Waals surface area contributed by atoms with Gasteiger partial charge in [0.15, 0.2) is 0 Å². The van der Waals surface area contributed by atoms with Gasteiger partial charge in [0.1, 0.15) is 6.29 Å². The number of carbonyl (C=O) groups excluding carboxylic acids is 1. The Morgan fingerprint density at radius 1 is 1.21 bits per heavy atom. The summed E-state index contributed by atoms with van der Waals surface area (Å²) in [6, 6.07) is 5.41. The number of halogens is 1. The van der Waals surface area contributed by atoms with E-state index in [4.69, 9.17) is 0 Å². The van der Waals surface area contributed by atoms with Crippen molar-refractivity contribution < 1.29 is 13.2 Å². The fourth-order valence-corrected chi connectivity index (χ4v) is 3.59. The molecule has 1 aromatic carbocycles. The van der Waals surface area contributed by atoms with E-state index in [1.54, 1.807) is 12.1 Å². The highest BCUT2D eigenvalue weighted by Gasteiger charge is 2.24. The normalized spacial score (nSPS) is 17.5. The van der Waals surface area contributed by atoms with Gasteiger partial charge in [0.25, 0.3) is 0 Å². The zero-order chi connectivity index (χ0) is 14.0. The number of anilines is 1. The van der Waals surface area contributed by atoms with Crippen LogP contribution < -0.4 is 4.90 Å². The highest BCUT2D eigenvalue weighted by molar-refractivity contribution is 9.10. The maximum absolute atomic E-state index is 11.4. The van der Waals surface area contributed by atoms with Crippen molar-refractivity contribution in [3.63, 3.8) is 0 Å². The Morgan fingerprint density at radius 3 is 2.32 bits per heavy atom. The highest BCUT2D eigenvalue weighted by atomic mass is 79.9. The van der Waals surface area contributed by atoms with Crippen LogP contribution in [0.4, 0.5) is 5.69 Å². The second kappa shape index (κ2) is 5.60. The van der Waals surface area contributed by atoms with E-state index in [0.717, 1.165) is 16.4 Å². The number of sulfonamides is 1. The Morgan fingerprint density at radius 2 is 1.84 bits per heavy atom. The maximum Gasteiger partial charge on any atom is 0.211 e. The maximum atomic E-state index is 11.4. The van der Waals surface area contributed by atoms with Crippen LogP contribution >= 0.6 is 15.9 Å². The zero-order valence-electron chi connectivity index (χ0n) is 10.5. The van der Waals surface area contributed by atoms with Gasteiger partial charge in [-0.2, -0.15) is 4.31 Å². The average molecular weight is 347 g/mol. The molecule has 0 unspecified atom stereocenters. The summed E-state index contributed by atoms with van der Waals surface area (Å²) < 4.78 is 25.2. The first kappa shape index (κ1) is 14.5. The summed E-state index contributed by atoms with van der Waals surface area (Å²) in [5, 5.41) is 0. The van der Waals surface area contributed by atoms with Crippen LogP contribution in [0.3, 0.4) is 0 Å². The van der Waals surface area contributed by atoms with E-state index in [2.05, 4.69) is 20.8 Å². The summed E-state index contributed by atoms with van der Waals surface area (Å²) in [5.41, 5.74) is 1.60. The van der Waals surface area contributed by atoms with Crippen LogP contribution in [-0.4, -0.2) is 51.4 Å². The van der Waals surface area contributed by atoms with Crippen LogP contribution in [0.1, 0.15) is 10.4 Å². The molecule has 0 bridgehead atoms. The predicted molar refractivity (Wildman–Crippen MR) is 78.2 cm³/mol. The Labute approximate surface area is 121 Å². The summed E-state index contributed by atoms with van der Waals surface area (Å²) in [5.74, 6) is 0. The lowest BCUT2D eigenvalue weighted by Crippen LogP contribution is -2.48. The molecule has 1 aromatic rings. The minimum atomic E-state index is -3.10. The van der Waals surface area contributed by atoms with Crippen molar-refractivity contribution in [1.29, 1.82) is 0 Å². The standard InChI is InChI=1S/C12H15BrN2O3S/c1-19(17,18)15-6-4-14(5-7-15)12-3-2-10(9-16)8-11(12)13/h2-3,8-9H,4-7H2,1H3. The molecule has 0 saturated carbocycles. The van der Waals surface area contributed by atoms with E-state index in [1.807, 2.05) is 6.07 Å². The van der Waals surface area contributed by atoms with Gasteiger partial charge in [0.05, 0.1) is 11.9 Å². The lowest BCUT2D eigenvalue weighted by atomic mass is 10.2. The van der Waals surface area contributed by atoms with Crippen LogP contribution in [0.25, 0.3) is 0 Å². The molecule has 7 heteroatoms. The Hall–Kier alpha value is -0.920. The minimum Gasteiger partial charge on any atom is -0.368 e. The Kier molecular flexibility index (Phi) is 4.27.